The zero-order valence-corrected chi connectivity index (χ0v) is 20.9. The van der Waals surface area contributed by atoms with Crippen LogP contribution >= 0.6 is 0 Å². The number of nitrogens with zero attached hydrogens (tertiary/aromatic N) is 5. The lowest BCUT2D eigenvalue weighted by atomic mass is 10.1. The van der Waals surface area contributed by atoms with E-state index in [1.807, 2.05) is 0 Å². The third kappa shape index (κ3) is 6.23. The van der Waals surface area contributed by atoms with Gasteiger partial charge in [-0.2, -0.15) is 15.2 Å². The molecule has 0 radical (unpaired) electrons. The zero-order chi connectivity index (χ0) is 28.1. The van der Waals surface area contributed by atoms with Gasteiger partial charge in [-0.25, -0.2) is 4.99 Å². The molecule has 14 nitrogen and oxygen atoms in total. The Labute approximate surface area is 222 Å². The molecule has 0 fully saturated rings. The SMILES string of the molecule is CN(C)c1cc(Oc2nc(Oc3ccccc3N=C(N)N)nc3c2NC(=O)C(CCC(=O)O)O3)ccc1C#N. The van der Waals surface area contributed by atoms with E-state index in [1.165, 1.54) is 0 Å². The smallest absolute Gasteiger partial charge is 0.328 e. The highest BCUT2D eigenvalue weighted by Gasteiger charge is 2.33. The number of aromatic nitrogens is 2. The molecule has 39 heavy (non-hydrogen) atoms. The van der Waals surface area contributed by atoms with Crippen LogP contribution in [0.3, 0.4) is 0 Å². The second-order valence-corrected chi connectivity index (χ2v) is 8.41. The zero-order valence-electron chi connectivity index (χ0n) is 20.9. The second kappa shape index (κ2) is 11.2. The van der Waals surface area contributed by atoms with Gasteiger partial charge in [-0.15, -0.1) is 0 Å². The Morgan fingerprint density at radius 2 is 2.00 bits per heavy atom. The van der Waals surface area contributed by atoms with Crippen LogP contribution in [-0.4, -0.2) is 53.1 Å². The molecule has 2 aromatic carbocycles. The maximum absolute atomic E-state index is 12.7. The first-order valence-electron chi connectivity index (χ1n) is 11.5. The molecular weight excluding hydrogens is 508 g/mol. The Bertz CT molecular complexity index is 1500. The number of rotatable bonds is 9. The van der Waals surface area contributed by atoms with Crippen molar-refractivity contribution in [3.05, 3.63) is 48.0 Å². The molecule has 200 valence electrons. The summed E-state index contributed by atoms with van der Waals surface area (Å²) in [7, 11) is 3.55. The average Bonchev–Trinajstić information content (AvgIpc) is 2.88. The van der Waals surface area contributed by atoms with E-state index in [0.29, 0.717) is 22.7 Å². The Morgan fingerprint density at radius 1 is 1.23 bits per heavy atom. The number of anilines is 2. The molecule has 0 saturated carbocycles. The minimum absolute atomic E-state index is 0.0206. The van der Waals surface area contributed by atoms with E-state index in [9.17, 15) is 14.9 Å². The minimum Gasteiger partial charge on any atom is -0.481 e. The highest BCUT2D eigenvalue weighted by atomic mass is 16.5. The van der Waals surface area contributed by atoms with Crippen LogP contribution in [0.15, 0.2) is 47.5 Å². The third-order valence-electron chi connectivity index (χ3n) is 5.34. The number of aliphatic carboxylic acids is 1. The van der Waals surface area contributed by atoms with Crippen molar-refractivity contribution in [2.45, 2.75) is 18.9 Å². The van der Waals surface area contributed by atoms with Crippen LogP contribution < -0.4 is 35.9 Å². The number of aliphatic imine (C=N–C) groups is 1. The van der Waals surface area contributed by atoms with Crippen molar-refractivity contribution in [2.75, 3.05) is 24.3 Å². The number of hydrogen-bond acceptors (Lipinski definition) is 10. The summed E-state index contributed by atoms with van der Waals surface area (Å²) in [5, 5.41) is 21.1. The standard InChI is InChI=1S/C25H24N8O6/c1-33(2)16-11-14(8-7-13(16)12-26)37-22-20-23(38-18(21(36)30-20)9-10-19(34)35)32-25(31-22)39-17-6-4-3-5-15(17)29-24(27)28/h3-8,11,18H,9-10H2,1-2H3,(H,30,36)(H,34,35)(H4,27,28,29). The van der Waals surface area contributed by atoms with Gasteiger partial charge in [-0.1, -0.05) is 12.1 Å². The van der Waals surface area contributed by atoms with E-state index in [2.05, 4.69) is 26.3 Å². The number of hydrogen-bond donors (Lipinski definition) is 4. The van der Waals surface area contributed by atoms with Crippen molar-refractivity contribution in [2.24, 2.45) is 16.5 Å². The number of carboxylic acid groups (broad SMARTS) is 1. The van der Waals surface area contributed by atoms with Crippen LogP contribution in [-0.2, 0) is 9.59 Å². The molecule has 3 aromatic rings. The number of guanidine groups is 1. The Morgan fingerprint density at radius 3 is 2.69 bits per heavy atom. The summed E-state index contributed by atoms with van der Waals surface area (Å²) >= 11 is 0. The first-order chi connectivity index (χ1) is 18.6. The molecule has 1 unspecified atom stereocenters. The molecule has 2 heterocycles. The maximum Gasteiger partial charge on any atom is 0.328 e. The summed E-state index contributed by atoms with van der Waals surface area (Å²) in [6.45, 7) is 0. The molecule has 1 aliphatic heterocycles. The van der Waals surface area contributed by atoms with Gasteiger partial charge in [0, 0.05) is 33.0 Å². The average molecular weight is 533 g/mol. The highest BCUT2D eigenvalue weighted by molar-refractivity contribution is 5.98. The van der Waals surface area contributed by atoms with Gasteiger partial charge in [-0.05, 0) is 24.3 Å². The van der Waals surface area contributed by atoms with E-state index >= 15 is 0 Å². The minimum atomic E-state index is -1.12. The van der Waals surface area contributed by atoms with Gasteiger partial charge in [0.05, 0.1) is 11.3 Å². The molecule has 0 bridgehead atoms. The van der Waals surface area contributed by atoms with Gasteiger partial charge in [0.1, 0.15) is 17.5 Å². The number of carbonyl (C=O) groups excluding carboxylic acids is 1. The molecule has 1 aliphatic rings. The van der Waals surface area contributed by atoms with Crippen molar-refractivity contribution in [3.8, 4) is 35.3 Å². The van der Waals surface area contributed by atoms with Crippen molar-refractivity contribution in [1.29, 1.82) is 5.26 Å². The number of amides is 1. The quantitative estimate of drug-likeness (QED) is 0.231. The fourth-order valence-electron chi connectivity index (χ4n) is 3.57. The number of nitriles is 1. The van der Waals surface area contributed by atoms with E-state index in [-0.39, 0.29) is 48.0 Å². The van der Waals surface area contributed by atoms with E-state index in [4.69, 9.17) is 30.8 Å². The van der Waals surface area contributed by atoms with Crippen molar-refractivity contribution in [3.63, 3.8) is 0 Å². The van der Waals surface area contributed by atoms with Crippen LogP contribution in [0.1, 0.15) is 18.4 Å². The fraction of sp³-hybridized carbons (Fsp3) is 0.200. The van der Waals surface area contributed by atoms with E-state index < -0.39 is 18.0 Å². The Kier molecular flexibility index (Phi) is 7.62. The van der Waals surface area contributed by atoms with Crippen molar-refractivity contribution in [1.82, 2.24) is 9.97 Å². The van der Waals surface area contributed by atoms with E-state index in [0.717, 1.165) is 0 Å². The monoisotopic (exact) mass is 532 g/mol. The number of ether oxygens (including phenoxy) is 3. The molecule has 0 spiro atoms. The van der Waals surface area contributed by atoms with Gasteiger partial charge in [0.25, 0.3) is 11.8 Å². The number of nitrogens with two attached hydrogens (primary N) is 2. The molecular formula is C25H24N8O6. The first-order valence-corrected chi connectivity index (χ1v) is 11.5. The predicted octanol–water partition coefficient (Wildman–Crippen LogP) is 2.47. The van der Waals surface area contributed by atoms with E-state index in [1.54, 1.807) is 61.5 Å². The van der Waals surface area contributed by atoms with Crippen LogP contribution in [0.2, 0.25) is 0 Å². The number of benzene rings is 2. The summed E-state index contributed by atoms with van der Waals surface area (Å²) in [5.74, 6) is -1.55. The van der Waals surface area contributed by atoms with Gasteiger partial charge in [0.15, 0.2) is 23.5 Å². The van der Waals surface area contributed by atoms with Gasteiger partial charge in [0.2, 0.25) is 5.88 Å². The van der Waals surface area contributed by atoms with Crippen LogP contribution in [0.5, 0.6) is 29.3 Å². The van der Waals surface area contributed by atoms with Gasteiger partial charge < -0.3 is 41.0 Å². The lowest BCUT2D eigenvalue weighted by molar-refractivity contribution is -0.137. The lowest BCUT2D eigenvalue weighted by Gasteiger charge is -2.26. The molecule has 14 heteroatoms. The molecule has 6 N–H and O–H groups in total. The molecule has 0 saturated heterocycles. The number of carboxylic acids is 1. The van der Waals surface area contributed by atoms with Crippen molar-refractivity contribution >= 4 is 34.9 Å². The first kappa shape index (κ1) is 26.5. The lowest BCUT2D eigenvalue weighted by Crippen LogP contribution is -2.38. The highest BCUT2D eigenvalue weighted by Crippen LogP contribution is 2.41. The number of fused-ring (bicyclic) bond motifs is 1. The van der Waals surface area contributed by atoms with Crippen LogP contribution in [0.25, 0.3) is 0 Å². The fourth-order valence-corrected chi connectivity index (χ4v) is 3.57. The molecule has 4 rings (SSSR count). The summed E-state index contributed by atoms with van der Waals surface area (Å²) < 4.78 is 17.6. The number of nitrogens with one attached hydrogen (secondary N) is 1. The van der Waals surface area contributed by atoms with Gasteiger partial charge >= 0.3 is 12.0 Å². The number of carbonyl (C=O) groups is 2. The Balaban J connectivity index is 1.76. The largest absolute Gasteiger partial charge is 0.481 e. The summed E-state index contributed by atoms with van der Waals surface area (Å²) in [5.41, 5.74) is 12.4. The summed E-state index contributed by atoms with van der Waals surface area (Å²) in [6.07, 6.45) is -1.50. The van der Waals surface area contributed by atoms with Gasteiger partial charge in [-0.3, -0.25) is 9.59 Å². The maximum atomic E-state index is 12.7. The van der Waals surface area contributed by atoms with Crippen LogP contribution in [0.4, 0.5) is 17.1 Å². The summed E-state index contributed by atoms with van der Waals surface area (Å²) in [4.78, 5) is 38.0. The second-order valence-electron chi connectivity index (χ2n) is 8.41. The van der Waals surface area contributed by atoms with Crippen molar-refractivity contribution < 1.29 is 28.9 Å². The molecule has 0 aliphatic carbocycles. The Hall–Kier alpha value is -5.58. The normalized spacial score (nSPS) is 13.7. The van der Waals surface area contributed by atoms with Crippen LogP contribution in [0, 0.1) is 11.3 Å². The predicted molar refractivity (Wildman–Crippen MR) is 139 cm³/mol. The number of para-hydroxylation sites is 2. The molecule has 1 aromatic heterocycles. The topological polar surface area (TPSA) is 211 Å². The molecule has 1 amide bonds. The molecule has 1 atom stereocenters. The summed E-state index contributed by atoms with van der Waals surface area (Å²) in [6, 6.07) is 13.3. The third-order valence-corrected chi connectivity index (χ3v) is 5.34.